The molecule has 1 amide bonds. The van der Waals surface area contributed by atoms with Crippen LogP contribution < -0.4 is 10.6 Å². The van der Waals surface area contributed by atoms with Crippen molar-refractivity contribution < 1.29 is 4.79 Å². The first-order chi connectivity index (χ1) is 7.22. The lowest BCUT2D eigenvalue weighted by Gasteiger charge is -2.12. The first-order valence-electron chi connectivity index (χ1n) is 6.22. The van der Waals surface area contributed by atoms with E-state index < -0.39 is 0 Å². The van der Waals surface area contributed by atoms with Gasteiger partial charge in [0.25, 0.3) is 0 Å². The molecule has 0 aromatic rings. The monoisotopic (exact) mass is 212 g/mol. The predicted octanol–water partition coefficient (Wildman–Crippen LogP) is 1.68. The lowest BCUT2D eigenvalue weighted by atomic mass is 10.1. The van der Waals surface area contributed by atoms with Crippen LogP contribution in [0.15, 0.2) is 0 Å². The molecule has 0 heterocycles. The van der Waals surface area contributed by atoms with Crippen LogP contribution in [-0.2, 0) is 4.79 Å². The Kier molecular flexibility index (Phi) is 5.69. The zero-order valence-electron chi connectivity index (χ0n) is 10.0. The van der Waals surface area contributed by atoms with Gasteiger partial charge in [0, 0.05) is 12.6 Å². The maximum Gasteiger partial charge on any atom is 0.233 e. The molecule has 1 atom stereocenters. The molecule has 88 valence electrons. The van der Waals surface area contributed by atoms with E-state index in [2.05, 4.69) is 24.5 Å². The van der Waals surface area contributed by atoms with Gasteiger partial charge in [-0.15, -0.1) is 0 Å². The van der Waals surface area contributed by atoms with E-state index in [0.29, 0.717) is 12.6 Å². The fourth-order valence-electron chi connectivity index (χ4n) is 1.52. The Bertz CT molecular complexity index is 190. The Balaban J connectivity index is 1.94. The number of hydrogen-bond donors (Lipinski definition) is 2. The predicted molar refractivity (Wildman–Crippen MR) is 62.7 cm³/mol. The summed E-state index contributed by atoms with van der Waals surface area (Å²) in [5.74, 6) is 0.914. The number of hydrogen-bond acceptors (Lipinski definition) is 2. The molecular weight excluding hydrogens is 188 g/mol. The zero-order valence-corrected chi connectivity index (χ0v) is 10.0. The number of nitrogens with one attached hydrogen (secondary N) is 2. The van der Waals surface area contributed by atoms with Crippen LogP contribution >= 0.6 is 0 Å². The number of rotatable bonds is 8. The van der Waals surface area contributed by atoms with Crippen molar-refractivity contribution in [3.05, 3.63) is 0 Å². The second-order valence-electron chi connectivity index (χ2n) is 4.67. The highest BCUT2D eigenvalue weighted by atomic mass is 16.1. The largest absolute Gasteiger partial charge is 0.355 e. The Labute approximate surface area is 93.0 Å². The molecule has 1 aliphatic carbocycles. The first-order valence-corrected chi connectivity index (χ1v) is 6.22. The van der Waals surface area contributed by atoms with E-state index >= 15 is 0 Å². The van der Waals surface area contributed by atoms with E-state index in [4.69, 9.17) is 0 Å². The van der Waals surface area contributed by atoms with Gasteiger partial charge in [-0.3, -0.25) is 4.79 Å². The van der Waals surface area contributed by atoms with Gasteiger partial charge in [-0.25, -0.2) is 0 Å². The molecule has 0 aromatic heterocycles. The van der Waals surface area contributed by atoms with Crippen molar-refractivity contribution in [2.24, 2.45) is 5.92 Å². The van der Waals surface area contributed by atoms with E-state index in [1.807, 2.05) is 0 Å². The second kappa shape index (κ2) is 6.83. The second-order valence-corrected chi connectivity index (χ2v) is 4.67. The fraction of sp³-hybridized carbons (Fsp3) is 0.917. The van der Waals surface area contributed by atoms with Crippen molar-refractivity contribution >= 4 is 5.91 Å². The molecule has 1 saturated carbocycles. The van der Waals surface area contributed by atoms with Crippen molar-refractivity contribution in [3.8, 4) is 0 Å². The Morgan fingerprint density at radius 2 is 2.20 bits per heavy atom. The van der Waals surface area contributed by atoms with Crippen LogP contribution in [0.25, 0.3) is 0 Å². The molecule has 15 heavy (non-hydrogen) atoms. The van der Waals surface area contributed by atoms with E-state index in [1.165, 1.54) is 25.7 Å². The van der Waals surface area contributed by atoms with Crippen molar-refractivity contribution in [1.29, 1.82) is 0 Å². The number of carbonyl (C=O) groups is 1. The summed E-state index contributed by atoms with van der Waals surface area (Å²) < 4.78 is 0. The summed E-state index contributed by atoms with van der Waals surface area (Å²) in [6.45, 7) is 5.68. The minimum Gasteiger partial charge on any atom is -0.355 e. The van der Waals surface area contributed by atoms with Crippen LogP contribution in [0.2, 0.25) is 0 Å². The lowest BCUT2D eigenvalue weighted by Crippen LogP contribution is -2.38. The molecule has 1 aliphatic rings. The lowest BCUT2D eigenvalue weighted by molar-refractivity contribution is -0.120. The van der Waals surface area contributed by atoms with Gasteiger partial charge >= 0.3 is 0 Å². The van der Waals surface area contributed by atoms with Gasteiger partial charge in [0.2, 0.25) is 5.91 Å². The summed E-state index contributed by atoms with van der Waals surface area (Å²) in [6, 6.07) is 0.455. The smallest absolute Gasteiger partial charge is 0.233 e. The fourth-order valence-corrected chi connectivity index (χ4v) is 1.52. The van der Waals surface area contributed by atoms with Gasteiger partial charge in [0.15, 0.2) is 0 Å². The molecule has 1 unspecified atom stereocenters. The van der Waals surface area contributed by atoms with Gasteiger partial charge < -0.3 is 10.6 Å². The SMILES string of the molecule is CCCCC(C)NCC(=O)NCC1CC1. The summed E-state index contributed by atoms with van der Waals surface area (Å²) in [5, 5.41) is 6.20. The molecular formula is C12H24N2O. The van der Waals surface area contributed by atoms with Crippen LogP contribution in [0.1, 0.15) is 46.0 Å². The van der Waals surface area contributed by atoms with E-state index in [-0.39, 0.29) is 5.91 Å². The maximum atomic E-state index is 11.4. The summed E-state index contributed by atoms with van der Waals surface area (Å²) in [6.07, 6.45) is 6.20. The van der Waals surface area contributed by atoms with Crippen LogP contribution in [0.3, 0.4) is 0 Å². The van der Waals surface area contributed by atoms with Gasteiger partial charge in [-0.05, 0) is 32.1 Å². The van der Waals surface area contributed by atoms with Gasteiger partial charge in [0.1, 0.15) is 0 Å². The minimum absolute atomic E-state index is 0.144. The molecule has 0 radical (unpaired) electrons. The van der Waals surface area contributed by atoms with Gasteiger partial charge in [-0.1, -0.05) is 19.8 Å². The van der Waals surface area contributed by atoms with Crippen molar-refractivity contribution in [2.45, 2.75) is 52.0 Å². The van der Waals surface area contributed by atoms with Crippen molar-refractivity contribution in [1.82, 2.24) is 10.6 Å². The highest BCUT2D eigenvalue weighted by Gasteiger charge is 2.21. The van der Waals surface area contributed by atoms with Crippen molar-refractivity contribution in [3.63, 3.8) is 0 Å². The summed E-state index contributed by atoms with van der Waals surface area (Å²) in [5.41, 5.74) is 0. The summed E-state index contributed by atoms with van der Waals surface area (Å²) in [7, 11) is 0. The molecule has 3 nitrogen and oxygen atoms in total. The normalized spacial score (nSPS) is 17.5. The Hall–Kier alpha value is -0.570. The van der Waals surface area contributed by atoms with E-state index in [9.17, 15) is 4.79 Å². The molecule has 3 heteroatoms. The maximum absolute atomic E-state index is 11.4. The first kappa shape index (κ1) is 12.5. The highest BCUT2D eigenvalue weighted by molar-refractivity contribution is 5.78. The number of amides is 1. The number of unbranched alkanes of at least 4 members (excludes halogenated alkanes) is 1. The molecule has 1 fully saturated rings. The molecule has 0 aliphatic heterocycles. The minimum atomic E-state index is 0.144. The highest BCUT2D eigenvalue weighted by Crippen LogP contribution is 2.27. The third-order valence-electron chi connectivity index (χ3n) is 2.89. The van der Waals surface area contributed by atoms with Crippen LogP contribution in [0.5, 0.6) is 0 Å². The molecule has 0 saturated heterocycles. The van der Waals surface area contributed by atoms with Crippen LogP contribution in [0, 0.1) is 5.92 Å². The third kappa shape index (κ3) is 6.50. The van der Waals surface area contributed by atoms with Gasteiger partial charge in [-0.2, -0.15) is 0 Å². The average Bonchev–Trinajstić information content (AvgIpc) is 3.04. The third-order valence-corrected chi connectivity index (χ3v) is 2.89. The summed E-state index contributed by atoms with van der Waals surface area (Å²) >= 11 is 0. The van der Waals surface area contributed by atoms with Gasteiger partial charge in [0.05, 0.1) is 6.54 Å². The molecule has 0 spiro atoms. The summed E-state index contributed by atoms with van der Waals surface area (Å²) in [4.78, 5) is 11.4. The molecule has 1 rings (SSSR count). The molecule has 2 N–H and O–H groups in total. The van der Waals surface area contributed by atoms with E-state index in [0.717, 1.165) is 18.9 Å². The van der Waals surface area contributed by atoms with Crippen LogP contribution in [-0.4, -0.2) is 25.0 Å². The molecule has 0 aromatic carbocycles. The average molecular weight is 212 g/mol. The number of carbonyl (C=O) groups excluding carboxylic acids is 1. The Morgan fingerprint density at radius 1 is 1.47 bits per heavy atom. The molecule has 0 bridgehead atoms. The zero-order chi connectivity index (χ0) is 11.1. The van der Waals surface area contributed by atoms with Crippen LogP contribution in [0.4, 0.5) is 0 Å². The standard InChI is InChI=1S/C12H24N2O/c1-3-4-5-10(2)13-9-12(15)14-8-11-6-7-11/h10-11,13H,3-9H2,1-2H3,(H,14,15). The Morgan fingerprint density at radius 3 is 2.80 bits per heavy atom. The quantitative estimate of drug-likeness (QED) is 0.643. The topological polar surface area (TPSA) is 41.1 Å². The van der Waals surface area contributed by atoms with Crippen molar-refractivity contribution in [2.75, 3.05) is 13.1 Å². The van der Waals surface area contributed by atoms with E-state index in [1.54, 1.807) is 0 Å².